The van der Waals surface area contributed by atoms with Crippen molar-refractivity contribution >= 4 is 23.3 Å². The first kappa shape index (κ1) is 23.1. The van der Waals surface area contributed by atoms with Gasteiger partial charge in [-0.2, -0.15) is 26.3 Å². The Balaban J connectivity index is 2.44. The van der Waals surface area contributed by atoms with Crippen molar-refractivity contribution in [3.8, 4) is 0 Å². The summed E-state index contributed by atoms with van der Waals surface area (Å²) in [6, 6.07) is 6.45. The van der Waals surface area contributed by atoms with Gasteiger partial charge in [0.1, 0.15) is 17.3 Å². The van der Waals surface area contributed by atoms with Gasteiger partial charge >= 0.3 is 12.4 Å². The van der Waals surface area contributed by atoms with E-state index in [1.807, 2.05) is 0 Å². The van der Waals surface area contributed by atoms with Crippen molar-refractivity contribution < 1.29 is 30.7 Å². The van der Waals surface area contributed by atoms with E-state index in [9.17, 15) is 30.7 Å². The highest BCUT2D eigenvalue weighted by molar-refractivity contribution is 7.99. The van der Waals surface area contributed by atoms with E-state index in [4.69, 9.17) is 0 Å². The minimum atomic E-state index is -4.50. The van der Waals surface area contributed by atoms with Crippen LogP contribution in [0.4, 0.5) is 36.4 Å². The van der Waals surface area contributed by atoms with Crippen molar-refractivity contribution in [3.05, 3.63) is 58.9 Å². The van der Waals surface area contributed by atoms with Crippen LogP contribution in [0.3, 0.4) is 0 Å². The molecule has 158 valence electrons. The third-order valence-corrected chi connectivity index (χ3v) is 4.98. The van der Waals surface area contributed by atoms with E-state index < -0.39 is 29.5 Å². The molecule has 29 heavy (non-hydrogen) atoms. The number of thioether (sulfide) groups is 1. The van der Waals surface area contributed by atoms with Gasteiger partial charge in [0.25, 0.3) is 0 Å². The minimum Gasteiger partial charge on any atom is -0.362 e. The largest absolute Gasteiger partial charge is 0.416 e. The summed E-state index contributed by atoms with van der Waals surface area (Å²) in [5.41, 5.74) is -0.417. The minimum absolute atomic E-state index is 0.160. The van der Waals surface area contributed by atoms with Crippen molar-refractivity contribution in [2.75, 3.05) is 19.8 Å². The van der Waals surface area contributed by atoms with Crippen LogP contribution in [0.5, 0.6) is 0 Å². The molecule has 0 aliphatic heterocycles. The van der Waals surface area contributed by atoms with Gasteiger partial charge in [-0.3, -0.25) is 0 Å². The van der Waals surface area contributed by atoms with E-state index in [0.717, 1.165) is 18.2 Å². The van der Waals surface area contributed by atoms with Crippen LogP contribution in [0.15, 0.2) is 46.3 Å². The van der Waals surface area contributed by atoms with Gasteiger partial charge in [0.05, 0.1) is 11.3 Å². The third-order valence-electron chi connectivity index (χ3n) is 3.76. The van der Waals surface area contributed by atoms with Crippen LogP contribution in [0.2, 0.25) is 0 Å². The third kappa shape index (κ3) is 6.38. The molecule has 0 aromatic heterocycles. The topological polar surface area (TPSA) is 15.6 Å². The number of amidine groups is 1. The molecule has 0 radical (unpaired) electrons. The van der Waals surface area contributed by atoms with Crippen molar-refractivity contribution in [1.29, 1.82) is 0 Å². The second-order valence-corrected chi connectivity index (χ2v) is 7.40. The van der Waals surface area contributed by atoms with Crippen LogP contribution < -0.4 is 0 Å². The van der Waals surface area contributed by atoms with E-state index in [-0.39, 0.29) is 16.4 Å². The molecule has 0 bridgehead atoms. The molecule has 2 aromatic rings. The van der Waals surface area contributed by atoms with E-state index in [0.29, 0.717) is 22.9 Å². The van der Waals surface area contributed by atoms with E-state index >= 15 is 0 Å². The Kier molecular flexibility index (Phi) is 6.87. The highest BCUT2D eigenvalue weighted by Gasteiger charge is 2.30. The molecule has 0 aliphatic rings. The summed E-state index contributed by atoms with van der Waals surface area (Å²) in [5.74, 6) is -1.72. The first-order valence-electron chi connectivity index (χ1n) is 8.21. The molecule has 0 unspecified atom stereocenters. The molecule has 0 fully saturated rings. The van der Waals surface area contributed by atoms with Gasteiger partial charge in [0.15, 0.2) is 0 Å². The number of aliphatic imine (C=N–C) groups is 1. The maximum atomic E-state index is 14.4. The zero-order chi connectivity index (χ0) is 22.0. The molecule has 2 aromatic carbocycles. The summed E-state index contributed by atoms with van der Waals surface area (Å²) in [5, 5.41) is 0. The molecular weight excluding hydrogens is 421 g/mol. The molecule has 0 saturated heterocycles. The molecule has 0 amide bonds. The second-order valence-electron chi connectivity index (χ2n) is 6.38. The average molecular weight is 438 g/mol. The van der Waals surface area contributed by atoms with Crippen molar-refractivity contribution in [3.63, 3.8) is 0 Å². The zero-order valence-electron chi connectivity index (χ0n) is 15.6. The number of hydrogen-bond acceptors (Lipinski definition) is 2. The maximum absolute atomic E-state index is 14.4. The fraction of sp³-hybridized carbons (Fsp3) is 0.316. The lowest BCUT2D eigenvalue weighted by Crippen LogP contribution is -2.23. The number of alkyl halides is 6. The Labute approximate surface area is 167 Å². The van der Waals surface area contributed by atoms with Gasteiger partial charge in [0, 0.05) is 24.6 Å². The number of benzene rings is 2. The molecule has 0 saturated carbocycles. The van der Waals surface area contributed by atoms with Crippen LogP contribution >= 0.6 is 11.8 Å². The second kappa shape index (κ2) is 8.64. The lowest BCUT2D eigenvalue weighted by atomic mass is 10.1. The first-order valence-corrected chi connectivity index (χ1v) is 9.20. The Bertz CT molecular complexity index is 885. The first-order chi connectivity index (χ1) is 13.3. The Morgan fingerprint density at radius 2 is 1.59 bits per heavy atom. The molecule has 2 rings (SSSR count). The number of nitrogens with zero attached hydrogens (tertiary/aromatic N) is 2. The lowest BCUT2D eigenvalue weighted by Gasteiger charge is -2.17. The summed E-state index contributed by atoms with van der Waals surface area (Å²) >= 11 is 0.513. The van der Waals surface area contributed by atoms with Crippen LogP contribution in [-0.4, -0.2) is 36.8 Å². The van der Waals surface area contributed by atoms with Crippen LogP contribution in [0.1, 0.15) is 16.7 Å². The summed E-state index contributed by atoms with van der Waals surface area (Å²) in [6.07, 6.45) is -8.88. The fourth-order valence-electron chi connectivity index (χ4n) is 2.39. The highest BCUT2D eigenvalue weighted by atomic mass is 32.2. The van der Waals surface area contributed by atoms with Crippen molar-refractivity contribution in [2.45, 2.75) is 24.2 Å². The SMILES string of the molecule is Cc1cc(F)c(N=C(c2ccc(C(F)(F)F)cc2)N(C)C)cc1SCC(F)(F)F. The van der Waals surface area contributed by atoms with Gasteiger partial charge < -0.3 is 4.90 Å². The lowest BCUT2D eigenvalue weighted by molar-refractivity contribution is -0.137. The molecule has 0 heterocycles. The van der Waals surface area contributed by atoms with Gasteiger partial charge in [0.2, 0.25) is 0 Å². The highest BCUT2D eigenvalue weighted by Crippen LogP contribution is 2.34. The monoisotopic (exact) mass is 438 g/mol. The normalized spacial score (nSPS) is 13.0. The zero-order valence-corrected chi connectivity index (χ0v) is 16.4. The number of aryl methyl sites for hydroxylation is 1. The standard InChI is InChI=1S/C19H17F7N2S/c1-11-8-14(20)15(9-16(11)29-10-18(21,22)23)27-17(28(2)3)12-4-6-13(7-5-12)19(24,25)26/h4-9H,10H2,1-3H3. The predicted molar refractivity (Wildman–Crippen MR) is 99.2 cm³/mol. The van der Waals surface area contributed by atoms with Crippen LogP contribution in [-0.2, 0) is 6.18 Å². The summed E-state index contributed by atoms with van der Waals surface area (Å²) in [7, 11) is 3.14. The van der Waals surface area contributed by atoms with Crippen molar-refractivity contribution in [2.24, 2.45) is 4.99 Å². The van der Waals surface area contributed by atoms with Gasteiger partial charge in [-0.1, -0.05) is 12.1 Å². The predicted octanol–water partition coefficient (Wildman–Crippen LogP) is 6.45. The summed E-state index contributed by atoms with van der Waals surface area (Å²) < 4.78 is 90.1. The van der Waals surface area contributed by atoms with Gasteiger partial charge in [-0.15, -0.1) is 11.8 Å². The Hall–Kier alpha value is -2.23. The molecule has 0 aliphatic carbocycles. The smallest absolute Gasteiger partial charge is 0.362 e. The van der Waals surface area contributed by atoms with Crippen molar-refractivity contribution in [1.82, 2.24) is 4.90 Å². The quantitative estimate of drug-likeness (QED) is 0.236. The number of rotatable bonds is 4. The van der Waals surface area contributed by atoms with E-state index in [1.165, 1.54) is 30.0 Å². The van der Waals surface area contributed by atoms with E-state index in [2.05, 4.69) is 4.99 Å². The number of hydrogen-bond donors (Lipinski definition) is 0. The average Bonchev–Trinajstić information content (AvgIpc) is 2.58. The molecular formula is C19H17F7N2S. The molecule has 0 atom stereocenters. The molecule has 0 spiro atoms. The Morgan fingerprint density at radius 3 is 2.07 bits per heavy atom. The van der Waals surface area contributed by atoms with Crippen LogP contribution in [0, 0.1) is 12.7 Å². The summed E-state index contributed by atoms with van der Waals surface area (Å²) in [4.78, 5) is 5.85. The summed E-state index contributed by atoms with van der Waals surface area (Å²) in [6.45, 7) is 1.48. The fourth-order valence-corrected chi connectivity index (χ4v) is 3.19. The van der Waals surface area contributed by atoms with Gasteiger partial charge in [-0.25, -0.2) is 9.38 Å². The maximum Gasteiger partial charge on any atom is 0.416 e. The Morgan fingerprint density at radius 1 is 1.00 bits per heavy atom. The van der Waals surface area contributed by atoms with E-state index in [1.54, 1.807) is 14.1 Å². The molecule has 0 N–H and O–H groups in total. The number of halogens is 7. The van der Waals surface area contributed by atoms with Crippen LogP contribution in [0.25, 0.3) is 0 Å². The molecule has 10 heteroatoms. The molecule has 2 nitrogen and oxygen atoms in total. The van der Waals surface area contributed by atoms with Gasteiger partial charge in [-0.05, 0) is 36.8 Å².